The molecule has 1 N–H and O–H groups in total. The molecule has 0 unspecified atom stereocenters. The minimum absolute atomic E-state index is 0.0819. The van der Waals surface area contributed by atoms with Crippen LogP contribution in [0.25, 0.3) is 11.4 Å². The summed E-state index contributed by atoms with van der Waals surface area (Å²) in [4.78, 5) is 8.61. The van der Waals surface area contributed by atoms with Crippen LogP contribution in [-0.2, 0) is 0 Å². The number of nitrogens with one attached hydrogen (secondary N) is 1. The third kappa shape index (κ3) is 3.27. The summed E-state index contributed by atoms with van der Waals surface area (Å²) < 4.78 is 15.8. The molecule has 3 rings (SSSR count). The van der Waals surface area contributed by atoms with Crippen molar-refractivity contribution in [3.05, 3.63) is 42.7 Å². The first-order valence-corrected chi connectivity index (χ1v) is 8.15. The summed E-state index contributed by atoms with van der Waals surface area (Å²) in [6.07, 6.45) is 3.49. The average molecular weight is 361 g/mol. The van der Waals surface area contributed by atoms with Gasteiger partial charge in [-0.1, -0.05) is 0 Å². The Morgan fingerprint density at radius 3 is 2.50 bits per heavy atom. The monoisotopic (exact) mass is 362 g/mol. The molecule has 0 aliphatic rings. The van der Waals surface area contributed by atoms with E-state index in [4.69, 9.17) is 9.47 Å². The number of methoxy groups -OCH3 is 2. The molecule has 6 nitrogen and oxygen atoms in total. The number of nitrogens with zero attached hydrogens (tertiary/aromatic N) is 3. The van der Waals surface area contributed by atoms with Crippen molar-refractivity contribution in [2.45, 2.75) is 0 Å². The molecular weight excluding hydrogens is 347 g/mol. The minimum atomic E-state index is -0.0819. The summed E-state index contributed by atoms with van der Waals surface area (Å²) in [5.41, 5.74) is 1.78. The van der Waals surface area contributed by atoms with E-state index in [0.717, 1.165) is 27.4 Å². The Hall–Kier alpha value is -2.37. The first-order valence-electron chi connectivity index (χ1n) is 6.52. The number of hydrogen-bond donors (Lipinski definition) is 1. The molecule has 2 aromatic heterocycles. The molecule has 0 fully saturated rings. The van der Waals surface area contributed by atoms with E-state index in [2.05, 4.69) is 19.3 Å². The Morgan fingerprint density at radius 2 is 1.86 bits per heavy atom. The van der Waals surface area contributed by atoms with Crippen molar-refractivity contribution in [2.75, 3.05) is 19.5 Å². The molecule has 0 bridgehead atoms. The van der Waals surface area contributed by atoms with E-state index in [1.807, 2.05) is 30.3 Å². The third-order valence-corrected chi connectivity index (χ3v) is 4.27. The number of hydrogen-bond acceptors (Lipinski definition) is 6. The Kier molecular flexibility index (Phi) is 4.37. The maximum absolute atomic E-state index is 5.26. The van der Waals surface area contributed by atoms with E-state index in [9.17, 15) is 0 Å². The number of aromatic nitrogens is 3. The van der Waals surface area contributed by atoms with Crippen LogP contribution in [-0.4, -0.2) is 42.9 Å². The van der Waals surface area contributed by atoms with Gasteiger partial charge in [0.25, 0.3) is 0 Å². The molecule has 3 aromatic rings. The molecule has 7 heteroatoms. The van der Waals surface area contributed by atoms with Gasteiger partial charge in [-0.2, -0.15) is 0 Å². The van der Waals surface area contributed by atoms with Gasteiger partial charge in [-0.05, 0) is 0 Å². The Bertz CT molecular complexity index is 739. The summed E-state index contributed by atoms with van der Waals surface area (Å²) in [6.45, 7) is 0. The fourth-order valence-corrected chi connectivity index (χ4v) is 3.17. The van der Waals surface area contributed by atoms with Crippen LogP contribution in [0, 0.1) is 0 Å². The summed E-state index contributed by atoms with van der Waals surface area (Å²) >= 11 is -0.0819. The first kappa shape index (κ1) is 14.6. The Morgan fingerprint density at radius 1 is 1.09 bits per heavy atom. The number of anilines is 2. The van der Waals surface area contributed by atoms with Gasteiger partial charge in [-0.3, -0.25) is 0 Å². The molecule has 2 heterocycles. The fraction of sp³-hybridized carbons (Fsp3) is 0.133. The Labute approximate surface area is 134 Å². The maximum atomic E-state index is 5.26. The van der Waals surface area contributed by atoms with Crippen LogP contribution < -0.4 is 14.8 Å². The van der Waals surface area contributed by atoms with Gasteiger partial charge in [-0.15, -0.1) is 0 Å². The summed E-state index contributed by atoms with van der Waals surface area (Å²) in [5.74, 6) is 2.16. The Balaban J connectivity index is 1.83. The molecule has 22 heavy (non-hydrogen) atoms. The molecule has 0 radical (unpaired) electrons. The average Bonchev–Trinajstić information content (AvgIpc) is 3.03. The summed E-state index contributed by atoms with van der Waals surface area (Å²) in [5, 5.41) is 3.27. The van der Waals surface area contributed by atoms with Crippen molar-refractivity contribution in [1.29, 1.82) is 0 Å². The van der Waals surface area contributed by atoms with E-state index < -0.39 is 0 Å². The van der Waals surface area contributed by atoms with E-state index in [0.29, 0.717) is 5.82 Å². The van der Waals surface area contributed by atoms with E-state index in [1.165, 1.54) is 0 Å². The summed E-state index contributed by atoms with van der Waals surface area (Å²) in [6, 6.07) is 9.43. The van der Waals surface area contributed by atoms with Crippen LogP contribution in [0.4, 0.5) is 10.4 Å². The van der Waals surface area contributed by atoms with Gasteiger partial charge >= 0.3 is 134 Å². The molecule has 0 saturated carbocycles. The topological polar surface area (TPSA) is 69.2 Å². The van der Waals surface area contributed by atoms with Crippen LogP contribution in [0.2, 0.25) is 0 Å². The second kappa shape index (κ2) is 6.60. The number of ether oxygens (including phenoxy) is 2. The van der Waals surface area contributed by atoms with Crippen LogP contribution >= 0.6 is 0 Å². The third-order valence-electron chi connectivity index (χ3n) is 2.95. The second-order valence-electron chi connectivity index (χ2n) is 4.39. The van der Waals surface area contributed by atoms with Gasteiger partial charge in [0.05, 0.1) is 0 Å². The van der Waals surface area contributed by atoms with Gasteiger partial charge in [0.15, 0.2) is 0 Å². The zero-order chi connectivity index (χ0) is 15.4. The normalized spacial score (nSPS) is 10.3. The molecule has 0 spiro atoms. The van der Waals surface area contributed by atoms with Gasteiger partial charge in [0.2, 0.25) is 0 Å². The molecule has 112 valence electrons. The van der Waals surface area contributed by atoms with Crippen molar-refractivity contribution < 1.29 is 9.47 Å². The quantitative estimate of drug-likeness (QED) is 0.704. The van der Waals surface area contributed by atoms with Gasteiger partial charge in [0.1, 0.15) is 0 Å². The van der Waals surface area contributed by atoms with Gasteiger partial charge < -0.3 is 0 Å². The molecule has 0 amide bonds. The predicted octanol–water partition coefficient (Wildman–Crippen LogP) is 2.36. The predicted molar refractivity (Wildman–Crippen MR) is 85.0 cm³/mol. The van der Waals surface area contributed by atoms with Crippen LogP contribution in [0.5, 0.6) is 11.5 Å². The van der Waals surface area contributed by atoms with E-state index >= 15 is 0 Å². The zero-order valence-electron chi connectivity index (χ0n) is 12.1. The molecule has 0 saturated heterocycles. The second-order valence-corrected chi connectivity index (χ2v) is 5.97. The van der Waals surface area contributed by atoms with Crippen LogP contribution in [0.3, 0.4) is 0 Å². The molecule has 0 atom stereocenters. The zero-order valence-corrected chi connectivity index (χ0v) is 13.8. The van der Waals surface area contributed by atoms with Crippen molar-refractivity contribution in [1.82, 2.24) is 13.9 Å². The standard InChI is InChI=1S/C15H14N4O2Se/c1-20-12-6-11(7-13(8-12)21-2)17-15-18-14(19-22-15)10-4-3-5-16-9-10/h3-9H,1-2H3,(H,17,18,19). The number of pyridine rings is 1. The van der Waals surface area contributed by atoms with Crippen LogP contribution in [0.1, 0.15) is 0 Å². The molecule has 0 aliphatic carbocycles. The van der Waals surface area contributed by atoms with Crippen molar-refractivity contribution in [3.8, 4) is 22.9 Å². The number of benzene rings is 1. The van der Waals surface area contributed by atoms with Crippen LogP contribution in [0.15, 0.2) is 42.7 Å². The summed E-state index contributed by atoms with van der Waals surface area (Å²) in [7, 11) is 3.25. The molecule has 0 aliphatic heterocycles. The first-order chi connectivity index (χ1) is 10.8. The number of rotatable bonds is 5. The molecule has 1 aromatic carbocycles. The fourth-order valence-electron chi connectivity index (χ4n) is 1.89. The van der Waals surface area contributed by atoms with Gasteiger partial charge in [-0.25, -0.2) is 0 Å². The van der Waals surface area contributed by atoms with E-state index in [-0.39, 0.29) is 14.7 Å². The SMILES string of the molecule is COc1cc(Nc2nc(-c3cccnc3)n[se]2)cc(OC)c1. The van der Waals surface area contributed by atoms with Crippen molar-refractivity contribution in [3.63, 3.8) is 0 Å². The molecular formula is C15H14N4O2Se. The van der Waals surface area contributed by atoms with Crippen molar-refractivity contribution in [2.24, 2.45) is 0 Å². The van der Waals surface area contributed by atoms with Crippen molar-refractivity contribution >= 4 is 25.1 Å². The van der Waals surface area contributed by atoms with E-state index in [1.54, 1.807) is 26.6 Å². The van der Waals surface area contributed by atoms with Gasteiger partial charge in [0, 0.05) is 0 Å².